The minimum Gasteiger partial charge on any atom is -0.507 e. The topological polar surface area (TPSA) is 49.7 Å². The molecule has 0 aliphatic rings. The van der Waals surface area contributed by atoms with Crippen LogP contribution in [-0.2, 0) is 0 Å². The van der Waals surface area contributed by atoms with E-state index in [0.717, 1.165) is 0 Å². The summed E-state index contributed by atoms with van der Waals surface area (Å²) in [6.45, 7) is 0. The molecule has 0 saturated heterocycles. The van der Waals surface area contributed by atoms with Gasteiger partial charge in [0.25, 0.3) is 0 Å². The Morgan fingerprint density at radius 2 is 0.848 bits per heavy atom. The zero-order chi connectivity index (χ0) is 23.9. The van der Waals surface area contributed by atoms with Crippen molar-refractivity contribution >= 4 is 69.6 Å². The van der Waals surface area contributed by atoms with Gasteiger partial charge in [0, 0.05) is 32.3 Å². The number of halogens is 6. The molecule has 2 N–H and O–H groups in total. The smallest absolute Gasteiger partial charge is 0.165 e. The van der Waals surface area contributed by atoms with Gasteiger partial charge in [-0.05, 0) is 48.5 Å². The van der Waals surface area contributed by atoms with Crippen molar-refractivity contribution in [2.75, 3.05) is 0 Å². The number of rotatable bonds is 4. The van der Waals surface area contributed by atoms with Gasteiger partial charge < -0.3 is 14.9 Å². The van der Waals surface area contributed by atoms with Gasteiger partial charge in [-0.15, -0.1) is 0 Å². The Kier molecular flexibility index (Phi) is 7.11. The third kappa shape index (κ3) is 4.81. The second kappa shape index (κ2) is 9.71. The highest BCUT2D eigenvalue weighted by Crippen LogP contribution is 2.49. The number of phenols is 2. The molecule has 0 aromatic heterocycles. The van der Waals surface area contributed by atoms with Gasteiger partial charge >= 0.3 is 0 Å². The lowest BCUT2D eigenvalue weighted by molar-refractivity contribution is 0.477. The predicted molar refractivity (Wildman–Crippen MR) is 137 cm³/mol. The third-order valence-corrected chi connectivity index (χ3v) is 6.62. The van der Waals surface area contributed by atoms with Gasteiger partial charge in [0.15, 0.2) is 11.5 Å². The van der Waals surface area contributed by atoms with E-state index in [1.165, 1.54) is 12.1 Å². The Bertz CT molecular complexity index is 1280. The van der Waals surface area contributed by atoms with Crippen molar-refractivity contribution in [3.63, 3.8) is 0 Å². The molecule has 0 unspecified atom stereocenters. The quantitative estimate of drug-likeness (QED) is 0.261. The van der Waals surface area contributed by atoms with Crippen LogP contribution in [0.4, 0.5) is 0 Å². The molecule has 4 rings (SSSR count). The van der Waals surface area contributed by atoms with Crippen LogP contribution in [0.1, 0.15) is 0 Å². The zero-order valence-corrected chi connectivity index (χ0v) is 20.9. The second-order valence-corrected chi connectivity index (χ2v) is 9.34. The van der Waals surface area contributed by atoms with Crippen LogP contribution in [0, 0.1) is 0 Å². The maximum atomic E-state index is 10.3. The average molecular weight is 561 g/mol. The van der Waals surface area contributed by atoms with Crippen molar-refractivity contribution in [3.8, 4) is 45.3 Å². The molecule has 0 amide bonds. The lowest BCUT2D eigenvalue weighted by Gasteiger charge is -2.17. The van der Waals surface area contributed by atoms with E-state index in [-0.39, 0.29) is 43.1 Å². The molecule has 0 heterocycles. The molecule has 0 radical (unpaired) electrons. The standard InChI is InChI=1S/C24H12Cl6O3/c25-11-1-3-13(19(31)9-11)15-5-7-17(27)23(21(15)29)33-24-18(28)8-6-16(22(24)30)14-4-2-12(26)10-20(14)32/h1-10,31-32H. The van der Waals surface area contributed by atoms with E-state index >= 15 is 0 Å². The van der Waals surface area contributed by atoms with Crippen LogP contribution < -0.4 is 4.74 Å². The fourth-order valence-corrected chi connectivity index (χ4v) is 4.67. The Labute approximate surface area is 219 Å². The molecule has 0 aliphatic heterocycles. The Morgan fingerprint density at radius 1 is 0.485 bits per heavy atom. The number of phenolic OH excluding ortho intramolecular Hbond substituents is 2. The summed E-state index contributed by atoms with van der Waals surface area (Å²) in [6, 6.07) is 15.7. The van der Waals surface area contributed by atoms with Crippen LogP contribution in [0.3, 0.4) is 0 Å². The summed E-state index contributed by atoms with van der Waals surface area (Å²) < 4.78 is 6.01. The number of hydrogen-bond acceptors (Lipinski definition) is 3. The van der Waals surface area contributed by atoms with Crippen molar-refractivity contribution in [2.24, 2.45) is 0 Å². The lowest BCUT2D eigenvalue weighted by atomic mass is 10.0. The molecule has 0 atom stereocenters. The summed E-state index contributed by atoms with van der Waals surface area (Å²) >= 11 is 37.9. The fourth-order valence-electron chi connectivity index (χ4n) is 3.24. The number of benzene rings is 4. The minimum absolute atomic E-state index is 0.0612. The van der Waals surface area contributed by atoms with Crippen LogP contribution in [0.2, 0.25) is 30.1 Å². The molecule has 3 nitrogen and oxygen atoms in total. The average Bonchev–Trinajstić information content (AvgIpc) is 2.75. The fraction of sp³-hybridized carbons (Fsp3) is 0. The normalized spacial score (nSPS) is 11.0. The Hall–Kier alpha value is -1.98. The van der Waals surface area contributed by atoms with E-state index < -0.39 is 0 Å². The molecule has 4 aromatic carbocycles. The van der Waals surface area contributed by atoms with E-state index in [1.807, 2.05) is 0 Å². The molecule has 0 aliphatic carbocycles. The third-order valence-electron chi connectivity index (χ3n) is 4.80. The van der Waals surface area contributed by atoms with Crippen molar-refractivity contribution < 1.29 is 14.9 Å². The molecular weight excluding hydrogens is 549 g/mol. The first kappa shape index (κ1) is 24.2. The molecule has 9 heteroatoms. The maximum absolute atomic E-state index is 10.3. The van der Waals surface area contributed by atoms with Crippen molar-refractivity contribution in [1.29, 1.82) is 0 Å². The zero-order valence-electron chi connectivity index (χ0n) is 16.3. The molecule has 4 aromatic rings. The monoisotopic (exact) mass is 558 g/mol. The molecule has 33 heavy (non-hydrogen) atoms. The van der Waals surface area contributed by atoms with E-state index in [9.17, 15) is 10.2 Å². The summed E-state index contributed by atoms with van der Waals surface area (Å²) in [5.41, 5.74) is 1.79. The lowest BCUT2D eigenvalue weighted by Crippen LogP contribution is -1.93. The molecule has 168 valence electrons. The van der Waals surface area contributed by atoms with Crippen LogP contribution in [0.15, 0.2) is 60.7 Å². The van der Waals surface area contributed by atoms with E-state index in [4.69, 9.17) is 74.3 Å². The van der Waals surface area contributed by atoms with E-state index in [1.54, 1.807) is 48.5 Å². The van der Waals surface area contributed by atoms with Crippen molar-refractivity contribution in [3.05, 3.63) is 90.8 Å². The molecular formula is C24H12Cl6O3. The number of aromatic hydroxyl groups is 2. The largest absolute Gasteiger partial charge is 0.507 e. The summed E-state index contributed by atoms with van der Waals surface area (Å²) in [7, 11) is 0. The van der Waals surface area contributed by atoms with Crippen LogP contribution in [-0.4, -0.2) is 10.2 Å². The molecule has 0 fully saturated rings. The minimum atomic E-state index is -0.0612. The van der Waals surface area contributed by atoms with E-state index in [2.05, 4.69) is 0 Å². The summed E-state index contributed by atoms with van der Waals surface area (Å²) in [5.74, 6) is 0.0563. The summed E-state index contributed by atoms with van der Waals surface area (Å²) in [4.78, 5) is 0. The second-order valence-electron chi connectivity index (χ2n) is 6.90. The predicted octanol–water partition coefficient (Wildman–Crippen LogP) is 10.1. The number of ether oxygens (including phenoxy) is 1. The highest BCUT2D eigenvalue weighted by Gasteiger charge is 2.21. The van der Waals surface area contributed by atoms with Gasteiger partial charge in [-0.25, -0.2) is 0 Å². The maximum Gasteiger partial charge on any atom is 0.165 e. The van der Waals surface area contributed by atoms with Gasteiger partial charge in [0.2, 0.25) is 0 Å². The highest BCUT2D eigenvalue weighted by molar-refractivity contribution is 6.40. The summed E-state index contributed by atoms with van der Waals surface area (Å²) in [5, 5.41) is 22.1. The van der Waals surface area contributed by atoms with Gasteiger partial charge in [0.1, 0.15) is 11.5 Å². The van der Waals surface area contributed by atoms with Gasteiger partial charge in [-0.2, -0.15) is 0 Å². The van der Waals surface area contributed by atoms with Gasteiger partial charge in [0.05, 0.1) is 20.1 Å². The van der Waals surface area contributed by atoms with E-state index in [0.29, 0.717) is 32.3 Å². The van der Waals surface area contributed by atoms with Crippen LogP contribution in [0.25, 0.3) is 22.3 Å². The SMILES string of the molecule is Oc1cc(Cl)ccc1-c1ccc(Cl)c(Oc2c(Cl)ccc(-c3ccc(Cl)cc3O)c2Cl)c1Cl. The first-order valence-electron chi connectivity index (χ1n) is 9.29. The van der Waals surface area contributed by atoms with Gasteiger partial charge in [-0.3, -0.25) is 0 Å². The van der Waals surface area contributed by atoms with Crippen LogP contribution >= 0.6 is 69.6 Å². The first-order valence-corrected chi connectivity index (χ1v) is 11.6. The summed E-state index contributed by atoms with van der Waals surface area (Å²) in [6.07, 6.45) is 0. The number of hydrogen-bond donors (Lipinski definition) is 2. The van der Waals surface area contributed by atoms with Crippen molar-refractivity contribution in [2.45, 2.75) is 0 Å². The first-order chi connectivity index (χ1) is 15.7. The van der Waals surface area contributed by atoms with Crippen molar-refractivity contribution in [1.82, 2.24) is 0 Å². The molecule has 0 saturated carbocycles. The Morgan fingerprint density at radius 3 is 1.21 bits per heavy atom. The van der Waals surface area contributed by atoms with Gasteiger partial charge in [-0.1, -0.05) is 81.7 Å². The van der Waals surface area contributed by atoms with Crippen LogP contribution in [0.5, 0.6) is 23.0 Å². The highest BCUT2D eigenvalue weighted by atomic mass is 35.5. The molecule has 0 spiro atoms. The Balaban J connectivity index is 1.83. The molecule has 0 bridgehead atoms.